The molecule has 0 atom stereocenters. The first-order valence-corrected chi connectivity index (χ1v) is 5.71. The molecule has 2 heterocycles. The van der Waals surface area contributed by atoms with Crippen LogP contribution in [0.25, 0.3) is 11.2 Å². The molecule has 9 nitrogen and oxygen atoms in total. The molecule has 0 bridgehead atoms. The van der Waals surface area contributed by atoms with E-state index in [1.807, 2.05) is 0 Å². The lowest BCUT2D eigenvalue weighted by atomic mass is 10.2. The summed E-state index contributed by atoms with van der Waals surface area (Å²) in [7, 11) is 0. The minimum Gasteiger partial charge on any atom is -0.506 e. The number of para-hydroxylation sites is 1. The molecule has 0 aliphatic rings. The van der Waals surface area contributed by atoms with Crippen molar-refractivity contribution < 1.29 is 15.0 Å². The maximum Gasteiger partial charge on any atom is 0.337 e. The van der Waals surface area contributed by atoms with Gasteiger partial charge in [0.1, 0.15) is 17.6 Å². The van der Waals surface area contributed by atoms with Gasteiger partial charge in [0.05, 0.1) is 17.6 Å². The molecule has 0 aliphatic carbocycles. The maximum atomic E-state index is 10.4. The first kappa shape index (κ1) is 14.1. The second-order valence-electron chi connectivity index (χ2n) is 3.90. The van der Waals surface area contributed by atoms with Crippen LogP contribution >= 0.6 is 0 Å². The van der Waals surface area contributed by atoms with Crippen LogP contribution in [0.1, 0.15) is 10.4 Å². The number of aromatic hydroxyl groups is 1. The summed E-state index contributed by atoms with van der Waals surface area (Å²) in [6.07, 6.45) is 2.94. The molecule has 21 heavy (non-hydrogen) atoms. The number of nitrogens with one attached hydrogen (secondary N) is 1. The number of aromatic carboxylic acids is 1. The molecule has 9 heteroatoms. The van der Waals surface area contributed by atoms with E-state index in [4.69, 9.17) is 21.7 Å². The lowest BCUT2D eigenvalue weighted by molar-refractivity contribution is 0.0697. The Morgan fingerprint density at radius 1 is 1.19 bits per heavy atom. The van der Waals surface area contributed by atoms with Gasteiger partial charge in [-0.25, -0.2) is 19.7 Å². The highest BCUT2D eigenvalue weighted by molar-refractivity contribution is 5.95. The Morgan fingerprint density at radius 2 is 1.95 bits per heavy atom. The van der Waals surface area contributed by atoms with Gasteiger partial charge in [0.2, 0.25) is 0 Å². The van der Waals surface area contributed by atoms with Crippen LogP contribution in [0.3, 0.4) is 0 Å². The van der Waals surface area contributed by atoms with Gasteiger partial charge in [0, 0.05) is 0 Å². The molecule has 7 N–H and O–H groups in total. The summed E-state index contributed by atoms with van der Waals surface area (Å²) in [5.41, 5.74) is 11.8. The quantitative estimate of drug-likeness (QED) is 0.321. The van der Waals surface area contributed by atoms with Crippen molar-refractivity contribution in [2.75, 3.05) is 11.5 Å². The van der Waals surface area contributed by atoms with E-state index in [2.05, 4.69) is 19.9 Å². The predicted octanol–water partition coefficient (Wildman–Crippen LogP) is 0.608. The number of hydrogen-bond donors (Lipinski definition) is 5. The largest absolute Gasteiger partial charge is 0.506 e. The molecule has 2 aromatic heterocycles. The number of H-pyrrole nitrogens is 1. The Hall–Kier alpha value is -3.36. The van der Waals surface area contributed by atoms with Crippen LogP contribution < -0.4 is 11.5 Å². The first-order valence-electron chi connectivity index (χ1n) is 5.71. The average Bonchev–Trinajstić information content (AvgIpc) is 2.92. The van der Waals surface area contributed by atoms with Gasteiger partial charge < -0.3 is 26.7 Å². The predicted molar refractivity (Wildman–Crippen MR) is 75.6 cm³/mol. The lowest BCUT2D eigenvalue weighted by Crippen LogP contribution is -2.01. The van der Waals surface area contributed by atoms with Gasteiger partial charge in [0.15, 0.2) is 11.5 Å². The first-order chi connectivity index (χ1) is 10.0. The number of carboxylic acids is 1. The van der Waals surface area contributed by atoms with Crippen molar-refractivity contribution in [2.45, 2.75) is 0 Å². The van der Waals surface area contributed by atoms with Crippen LogP contribution in [0.5, 0.6) is 5.75 Å². The van der Waals surface area contributed by atoms with Gasteiger partial charge in [-0.3, -0.25) is 0 Å². The number of phenols is 1. The summed E-state index contributed by atoms with van der Waals surface area (Å²) in [6, 6.07) is 4.09. The van der Waals surface area contributed by atoms with Crippen LogP contribution in [-0.4, -0.2) is 36.1 Å². The zero-order chi connectivity index (χ0) is 15.4. The number of aromatic amines is 1. The number of nitrogens with zero attached hydrogens (tertiary/aromatic N) is 3. The van der Waals surface area contributed by atoms with Crippen LogP contribution in [0.2, 0.25) is 0 Å². The van der Waals surface area contributed by atoms with Crippen molar-refractivity contribution >= 4 is 28.6 Å². The smallest absolute Gasteiger partial charge is 0.337 e. The molecule has 0 saturated carbocycles. The van der Waals surface area contributed by atoms with Crippen molar-refractivity contribution in [1.29, 1.82) is 0 Å². The number of fused-ring (bicyclic) bond motifs is 1. The highest BCUT2D eigenvalue weighted by atomic mass is 16.4. The van der Waals surface area contributed by atoms with Gasteiger partial charge in [-0.2, -0.15) is 0 Å². The molecule has 108 valence electrons. The fourth-order valence-electron chi connectivity index (χ4n) is 1.52. The van der Waals surface area contributed by atoms with E-state index in [0.29, 0.717) is 17.0 Å². The third-order valence-corrected chi connectivity index (χ3v) is 2.56. The third-order valence-electron chi connectivity index (χ3n) is 2.56. The minimum absolute atomic E-state index is 0.0787. The van der Waals surface area contributed by atoms with Crippen molar-refractivity contribution in [3.8, 4) is 5.75 Å². The Labute approximate surface area is 118 Å². The summed E-state index contributed by atoms with van der Waals surface area (Å²) in [5, 5.41) is 17.5. The van der Waals surface area contributed by atoms with Gasteiger partial charge >= 0.3 is 5.97 Å². The summed E-state index contributed by atoms with van der Waals surface area (Å²) in [5.74, 6) is -0.936. The molecule has 1 aromatic carbocycles. The SMILES string of the molecule is Nc1c(O)cccc1C(=O)O.Nc1ncnc2[nH]cnc12. The molecule has 0 radical (unpaired) electrons. The monoisotopic (exact) mass is 288 g/mol. The van der Waals surface area contributed by atoms with Crippen LogP contribution in [0, 0.1) is 0 Å². The number of phenolic OH excluding ortho intramolecular Hbond substituents is 1. The number of hydrogen-bond acceptors (Lipinski definition) is 7. The molecular weight excluding hydrogens is 276 g/mol. The number of aromatic nitrogens is 4. The Morgan fingerprint density at radius 3 is 2.57 bits per heavy atom. The van der Waals surface area contributed by atoms with Crippen molar-refractivity contribution in [1.82, 2.24) is 19.9 Å². The number of benzene rings is 1. The average molecular weight is 288 g/mol. The Bertz CT molecular complexity index is 786. The normalized spacial score (nSPS) is 9.90. The van der Waals surface area contributed by atoms with E-state index in [-0.39, 0.29) is 17.0 Å². The van der Waals surface area contributed by atoms with E-state index in [0.717, 1.165) is 0 Å². The number of anilines is 2. The van der Waals surface area contributed by atoms with E-state index >= 15 is 0 Å². The zero-order valence-electron chi connectivity index (χ0n) is 10.7. The summed E-state index contributed by atoms with van der Waals surface area (Å²) in [6.45, 7) is 0. The molecule has 0 amide bonds. The number of nitrogen functional groups attached to an aromatic ring is 2. The van der Waals surface area contributed by atoms with E-state index < -0.39 is 5.97 Å². The molecule has 3 rings (SSSR count). The van der Waals surface area contributed by atoms with Crippen LogP contribution in [0.15, 0.2) is 30.9 Å². The number of rotatable bonds is 1. The lowest BCUT2D eigenvalue weighted by Gasteiger charge is -2.00. The molecule has 0 fully saturated rings. The molecular formula is C12H12N6O3. The van der Waals surface area contributed by atoms with Crippen molar-refractivity contribution in [3.05, 3.63) is 36.4 Å². The summed E-state index contributed by atoms with van der Waals surface area (Å²) >= 11 is 0. The third kappa shape index (κ3) is 2.97. The molecule has 0 saturated heterocycles. The summed E-state index contributed by atoms with van der Waals surface area (Å²) in [4.78, 5) is 24.8. The fraction of sp³-hybridized carbons (Fsp3) is 0. The van der Waals surface area contributed by atoms with Crippen LogP contribution in [-0.2, 0) is 0 Å². The van der Waals surface area contributed by atoms with E-state index in [1.165, 1.54) is 30.9 Å². The van der Waals surface area contributed by atoms with Crippen molar-refractivity contribution in [2.24, 2.45) is 0 Å². The topological polar surface area (TPSA) is 164 Å². The van der Waals surface area contributed by atoms with E-state index in [1.54, 1.807) is 0 Å². The number of nitrogens with two attached hydrogens (primary N) is 2. The standard InChI is InChI=1S/C7H7NO3.C5H5N5/c8-6-4(7(10)11)2-1-3-5(6)9;6-4-3-5(9-1-7-3)10-2-8-4/h1-3,9H,8H2,(H,10,11);1-2H,(H3,6,7,8,9,10). The number of carboxylic acid groups (broad SMARTS) is 1. The number of imidazole rings is 1. The summed E-state index contributed by atoms with van der Waals surface area (Å²) < 4.78 is 0. The highest BCUT2D eigenvalue weighted by Crippen LogP contribution is 2.22. The molecule has 3 aromatic rings. The second kappa shape index (κ2) is 5.74. The number of carbonyl (C=O) groups is 1. The van der Waals surface area contributed by atoms with Gasteiger partial charge in [-0.05, 0) is 12.1 Å². The van der Waals surface area contributed by atoms with Crippen LogP contribution in [0.4, 0.5) is 11.5 Å². The molecule has 0 unspecified atom stereocenters. The minimum atomic E-state index is -1.14. The van der Waals surface area contributed by atoms with E-state index in [9.17, 15) is 4.79 Å². The fourth-order valence-corrected chi connectivity index (χ4v) is 1.52. The second-order valence-corrected chi connectivity index (χ2v) is 3.90. The van der Waals surface area contributed by atoms with Gasteiger partial charge in [0.25, 0.3) is 0 Å². The Balaban J connectivity index is 0.000000154. The maximum absolute atomic E-state index is 10.4. The van der Waals surface area contributed by atoms with Gasteiger partial charge in [-0.1, -0.05) is 6.07 Å². The van der Waals surface area contributed by atoms with Gasteiger partial charge in [-0.15, -0.1) is 0 Å². The zero-order valence-corrected chi connectivity index (χ0v) is 10.7. The highest BCUT2D eigenvalue weighted by Gasteiger charge is 2.09. The molecule has 0 aliphatic heterocycles. The Kier molecular flexibility index (Phi) is 3.84. The van der Waals surface area contributed by atoms with Crippen molar-refractivity contribution in [3.63, 3.8) is 0 Å². The molecule has 0 spiro atoms.